The minimum absolute atomic E-state index is 0.432. The molecule has 0 heterocycles. The Morgan fingerprint density at radius 3 is 2.56 bits per heavy atom. The number of Topliss-reactive ketones (excluding diaryl/α,β-unsaturated/α-hetero) is 1. The average molecular weight is 242 g/mol. The van der Waals surface area contributed by atoms with E-state index in [1.165, 1.54) is 0 Å². The summed E-state index contributed by atoms with van der Waals surface area (Å²) in [7, 11) is -4.26. The van der Waals surface area contributed by atoms with Crippen LogP contribution in [0.4, 0.5) is 0 Å². The molecule has 0 saturated heterocycles. The van der Waals surface area contributed by atoms with Gasteiger partial charge in [0.25, 0.3) is 0 Å². The van der Waals surface area contributed by atoms with Gasteiger partial charge in [0.2, 0.25) is 0 Å². The number of carbonyl (C=O) groups excluding carboxylic acids is 1. The van der Waals surface area contributed by atoms with E-state index < -0.39 is 25.5 Å². The van der Waals surface area contributed by atoms with Gasteiger partial charge in [0, 0.05) is 5.92 Å². The predicted molar refractivity (Wildman–Crippen MR) is 61.5 cm³/mol. The van der Waals surface area contributed by atoms with Crippen LogP contribution in [0, 0.1) is 6.92 Å². The van der Waals surface area contributed by atoms with Gasteiger partial charge in [-0.25, -0.2) is 0 Å². The second kappa shape index (κ2) is 4.91. The fraction of sp³-hybridized carbons (Fsp3) is 0.364. The fourth-order valence-electron chi connectivity index (χ4n) is 1.47. The molecule has 0 spiro atoms. The lowest BCUT2D eigenvalue weighted by atomic mass is 9.96. The summed E-state index contributed by atoms with van der Waals surface area (Å²) in [5, 5.41) is 0. The highest BCUT2D eigenvalue weighted by Crippen LogP contribution is 2.36. The number of ketones is 1. The standard InChI is InChI=1S/C11H15O4P/c1-8-4-3-5-10(6-8)9(2)11(12)7-16(13,14)15/h3-6,9H,7H2,1-2H3,(H2,13,14,15)/t9-/m1/s1. The largest absolute Gasteiger partial charge is 0.332 e. The normalized spacial score (nSPS) is 13.5. The Balaban J connectivity index is 2.82. The number of carbonyl (C=O) groups is 1. The summed E-state index contributed by atoms with van der Waals surface area (Å²) in [6, 6.07) is 7.37. The third-order valence-electron chi connectivity index (χ3n) is 2.39. The van der Waals surface area contributed by atoms with Crippen LogP contribution in [0.1, 0.15) is 24.0 Å². The molecule has 16 heavy (non-hydrogen) atoms. The highest BCUT2D eigenvalue weighted by atomic mass is 31.2. The van der Waals surface area contributed by atoms with E-state index >= 15 is 0 Å². The molecule has 5 heteroatoms. The Morgan fingerprint density at radius 2 is 2.06 bits per heavy atom. The van der Waals surface area contributed by atoms with Crippen LogP contribution in [0.3, 0.4) is 0 Å². The second-order valence-electron chi connectivity index (χ2n) is 3.92. The van der Waals surface area contributed by atoms with Crippen LogP contribution in [-0.2, 0) is 9.36 Å². The first-order chi connectivity index (χ1) is 7.29. The van der Waals surface area contributed by atoms with Gasteiger partial charge in [-0.1, -0.05) is 36.8 Å². The fourth-order valence-corrected chi connectivity index (χ4v) is 2.15. The molecule has 1 aromatic rings. The molecule has 1 atom stereocenters. The van der Waals surface area contributed by atoms with E-state index in [0.29, 0.717) is 0 Å². The Morgan fingerprint density at radius 1 is 1.44 bits per heavy atom. The van der Waals surface area contributed by atoms with Gasteiger partial charge in [-0.2, -0.15) is 0 Å². The molecule has 0 aliphatic heterocycles. The summed E-state index contributed by atoms with van der Waals surface area (Å²) < 4.78 is 10.7. The van der Waals surface area contributed by atoms with Gasteiger partial charge in [-0.15, -0.1) is 0 Å². The van der Waals surface area contributed by atoms with Crippen molar-refractivity contribution in [2.45, 2.75) is 19.8 Å². The van der Waals surface area contributed by atoms with E-state index in [1.54, 1.807) is 13.0 Å². The van der Waals surface area contributed by atoms with E-state index in [9.17, 15) is 9.36 Å². The number of aryl methyl sites for hydroxylation is 1. The van der Waals surface area contributed by atoms with Crippen LogP contribution in [-0.4, -0.2) is 21.7 Å². The van der Waals surface area contributed by atoms with Crippen LogP contribution in [0.5, 0.6) is 0 Å². The molecule has 0 radical (unpaired) electrons. The quantitative estimate of drug-likeness (QED) is 0.790. The molecule has 1 aromatic carbocycles. The number of hydrogen-bond donors (Lipinski definition) is 2. The van der Waals surface area contributed by atoms with Crippen molar-refractivity contribution in [2.24, 2.45) is 0 Å². The highest BCUT2D eigenvalue weighted by Gasteiger charge is 2.24. The van der Waals surface area contributed by atoms with Gasteiger partial charge in [-0.3, -0.25) is 9.36 Å². The van der Waals surface area contributed by atoms with Gasteiger partial charge in [-0.05, 0) is 12.5 Å². The highest BCUT2D eigenvalue weighted by molar-refractivity contribution is 7.52. The zero-order valence-electron chi connectivity index (χ0n) is 9.25. The number of rotatable bonds is 4. The number of hydrogen-bond acceptors (Lipinski definition) is 2. The van der Waals surface area contributed by atoms with E-state index in [4.69, 9.17) is 9.79 Å². The van der Waals surface area contributed by atoms with Gasteiger partial charge in [0.05, 0.1) is 0 Å². The third kappa shape index (κ3) is 3.89. The Labute approximate surface area is 94.5 Å². The summed E-state index contributed by atoms with van der Waals surface area (Å²) in [6.07, 6.45) is -0.692. The molecule has 4 nitrogen and oxygen atoms in total. The molecule has 1 rings (SSSR count). The molecule has 88 valence electrons. The van der Waals surface area contributed by atoms with Gasteiger partial charge < -0.3 is 9.79 Å². The molecular weight excluding hydrogens is 227 g/mol. The maximum atomic E-state index is 11.6. The molecule has 0 bridgehead atoms. The average Bonchev–Trinajstić information content (AvgIpc) is 2.14. The smallest absolute Gasteiger partial charge is 0.324 e. The van der Waals surface area contributed by atoms with E-state index in [-0.39, 0.29) is 0 Å². The number of benzene rings is 1. The zero-order chi connectivity index (χ0) is 12.3. The lowest BCUT2D eigenvalue weighted by molar-refractivity contribution is -0.117. The first-order valence-corrected chi connectivity index (χ1v) is 6.73. The zero-order valence-corrected chi connectivity index (χ0v) is 10.1. The molecule has 0 saturated carbocycles. The third-order valence-corrected chi connectivity index (χ3v) is 3.11. The second-order valence-corrected chi connectivity index (χ2v) is 5.57. The summed E-state index contributed by atoms with van der Waals surface area (Å²) in [4.78, 5) is 29.0. The minimum atomic E-state index is -4.26. The van der Waals surface area contributed by atoms with Crippen LogP contribution in [0.15, 0.2) is 24.3 Å². The van der Waals surface area contributed by atoms with Gasteiger partial charge in [0.1, 0.15) is 6.16 Å². The molecule has 0 aromatic heterocycles. The lowest BCUT2D eigenvalue weighted by Gasteiger charge is -2.12. The Bertz CT molecular complexity index is 435. The van der Waals surface area contributed by atoms with Crippen molar-refractivity contribution in [1.29, 1.82) is 0 Å². The minimum Gasteiger partial charge on any atom is -0.324 e. The summed E-state index contributed by atoms with van der Waals surface area (Å²) in [6.45, 7) is 3.57. The molecular formula is C11H15O4P. The maximum Gasteiger partial charge on any atom is 0.332 e. The molecule has 0 fully saturated rings. The monoisotopic (exact) mass is 242 g/mol. The SMILES string of the molecule is Cc1cccc([C@@H](C)C(=O)CP(=O)(O)O)c1. The van der Waals surface area contributed by atoms with E-state index in [0.717, 1.165) is 11.1 Å². The van der Waals surface area contributed by atoms with E-state index in [2.05, 4.69) is 0 Å². The lowest BCUT2D eigenvalue weighted by Crippen LogP contribution is -2.13. The van der Waals surface area contributed by atoms with Crippen molar-refractivity contribution in [2.75, 3.05) is 6.16 Å². The summed E-state index contributed by atoms with van der Waals surface area (Å²) in [5.74, 6) is -0.911. The first-order valence-electron chi connectivity index (χ1n) is 4.93. The first kappa shape index (κ1) is 13.1. The summed E-state index contributed by atoms with van der Waals surface area (Å²) >= 11 is 0. The van der Waals surface area contributed by atoms with Crippen molar-refractivity contribution in [1.82, 2.24) is 0 Å². The van der Waals surface area contributed by atoms with Crippen LogP contribution in [0.25, 0.3) is 0 Å². The van der Waals surface area contributed by atoms with Crippen LogP contribution >= 0.6 is 7.60 Å². The van der Waals surface area contributed by atoms with Crippen LogP contribution in [0.2, 0.25) is 0 Å². The maximum absolute atomic E-state index is 11.6. The van der Waals surface area contributed by atoms with Crippen molar-refractivity contribution < 1.29 is 19.1 Å². The van der Waals surface area contributed by atoms with E-state index in [1.807, 2.05) is 25.1 Å². The summed E-state index contributed by atoms with van der Waals surface area (Å²) in [5.41, 5.74) is 1.81. The van der Waals surface area contributed by atoms with Gasteiger partial charge >= 0.3 is 7.60 Å². The van der Waals surface area contributed by atoms with Gasteiger partial charge in [0.15, 0.2) is 5.78 Å². The van der Waals surface area contributed by atoms with Crippen molar-refractivity contribution in [3.63, 3.8) is 0 Å². The molecule has 2 N–H and O–H groups in total. The molecule has 0 aliphatic carbocycles. The Kier molecular flexibility index (Phi) is 4.03. The molecule has 0 aliphatic rings. The predicted octanol–water partition coefficient (Wildman–Crippen LogP) is 1.85. The molecule has 0 unspecified atom stereocenters. The topological polar surface area (TPSA) is 74.6 Å². The molecule has 0 amide bonds. The van der Waals surface area contributed by atoms with Crippen molar-refractivity contribution in [3.8, 4) is 0 Å². The van der Waals surface area contributed by atoms with Crippen LogP contribution < -0.4 is 0 Å². The van der Waals surface area contributed by atoms with Crippen molar-refractivity contribution in [3.05, 3.63) is 35.4 Å². The Hall–Kier alpha value is -0.960. The van der Waals surface area contributed by atoms with Crippen molar-refractivity contribution >= 4 is 13.4 Å².